The molecular formula is C72H44N10. The van der Waals surface area contributed by atoms with E-state index in [1.54, 1.807) is 0 Å². The zero-order valence-electron chi connectivity index (χ0n) is 43.9. The molecule has 0 aliphatic heterocycles. The maximum atomic E-state index is 11.9. The van der Waals surface area contributed by atoms with Gasteiger partial charge in [0.2, 0.25) is 0 Å². The van der Waals surface area contributed by atoms with Crippen LogP contribution >= 0.6 is 0 Å². The molecule has 0 aliphatic carbocycles. The summed E-state index contributed by atoms with van der Waals surface area (Å²) in [6, 6.07) is 92.8. The van der Waals surface area contributed by atoms with E-state index in [0.717, 1.165) is 99.5 Å². The molecule has 0 aliphatic rings. The summed E-state index contributed by atoms with van der Waals surface area (Å²) in [4.78, 5) is 35.7. The van der Waals surface area contributed by atoms with Crippen LogP contribution in [-0.4, -0.2) is 44.0 Å². The Bertz CT molecular complexity index is 4590. The Hall–Kier alpha value is -11.5. The molecule has 0 atom stereocenters. The molecule has 382 valence electrons. The molecule has 0 fully saturated rings. The molecule has 0 saturated heterocycles. The SMILES string of the molecule is N#Cc1c(-n2c3ccccc3c3cc(-c4nc(-c5ccccc5)nc(-c5ccccc5)n4)ccc32)cc(-c2cccc(-c3ccccc3)n2)cc1-n1c2ccccc2c2cc(-c3nc(-c4ccccc4)nc(-c4ccccc4)n3)ccc21. The van der Waals surface area contributed by atoms with Crippen LogP contribution in [0.2, 0.25) is 0 Å². The average Bonchev–Trinajstić information content (AvgIpc) is 3.14. The van der Waals surface area contributed by atoms with Crippen molar-refractivity contribution < 1.29 is 0 Å². The normalized spacial score (nSPS) is 11.4. The van der Waals surface area contributed by atoms with Crippen LogP contribution < -0.4 is 0 Å². The standard InChI is InChI=1S/C72H44N10/c73-45-58-65(81-61-35-18-16-31-54(61)56-41-51(37-39-63(56)81)71-77-67(47-23-8-2-9-24-47)75-68(78-71)48-25-10-3-11-26-48)43-53(60-34-20-33-59(74-60)46-21-6-1-7-22-46)44-66(58)82-62-36-19-17-32-55(62)57-42-52(38-40-64(57)82)72-79-69(49-27-12-4-13-28-49)76-70(80-72)50-29-14-5-15-30-50/h1-44H. The van der Waals surface area contributed by atoms with Gasteiger partial charge >= 0.3 is 0 Å². The molecule has 0 bridgehead atoms. The highest BCUT2D eigenvalue weighted by Gasteiger charge is 2.25. The summed E-state index contributed by atoms with van der Waals surface area (Å²) in [6.07, 6.45) is 0. The first-order valence-electron chi connectivity index (χ1n) is 27.0. The fourth-order valence-electron chi connectivity index (χ4n) is 11.2. The largest absolute Gasteiger partial charge is 0.308 e. The average molecular weight is 1050 g/mol. The van der Waals surface area contributed by atoms with Gasteiger partial charge in [-0.15, -0.1) is 0 Å². The van der Waals surface area contributed by atoms with Crippen molar-refractivity contribution in [1.29, 1.82) is 5.26 Å². The maximum absolute atomic E-state index is 11.9. The summed E-state index contributed by atoms with van der Waals surface area (Å²) in [6.45, 7) is 0. The molecule has 0 radical (unpaired) electrons. The fraction of sp³-hybridized carbons (Fsp3) is 0. The lowest BCUT2D eigenvalue weighted by molar-refractivity contribution is 1.07. The minimum atomic E-state index is 0.483. The number of pyridine rings is 1. The topological polar surface area (TPSA) is 124 Å². The summed E-state index contributed by atoms with van der Waals surface area (Å²) in [5.41, 5.74) is 14.2. The molecule has 10 nitrogen and oxygen atoms in total. The van der Waals surface area contributed by atoms with Gasteiger partial charge in [-0.3, -0.25) is 0 Å². The van der Waals surface area contributed by atoms with E-state index in [9.17, 15) is 5.26 Å². The van der Waals surface area contributed by atoms with Crippen LogP contribution in [0.1, 0.15) is 5.56 Å². The predicted molar refractivity (Wildman–Crippen MR) is 328 cm³/mol. The van der Waals surface area contributed by atoms with Crippen molar-refractivity contribution in [1.82, 2.24) is 44.0 Å². The number of aromatic nitrogens is 9. The number of hydrogen-bond acceptors (Lipinski definition) is 8. The molecule has 10 heteroatoms. The number of fused-ring (bicyclic) bond motifs is 6. The van der Waals surface area contributed by atoms with Crippen molar-refractivity contribution in [2.45, 2.75) is 0 Å². The van der Waals surface area contributed by atoms with E-state index in [0.29, 0.717) is 51.9 Å². The monoisotopic (exact) mass is 1050 g/mol. The Kier molecular flexibility index (Phi) is 11.6. The number of rotatable bonds is 10. The van der Waals surface area contributed by atoms with Crippen LogP contribution in [0.3, 0.4) is 0 Å². The number of benzene rings is 10. The molecule has 5 aromatic heterocycles. The summed E-state index contributed by atoms with van der Waals surface area (Å²) in [7, 11) is 0. The summed E-state index contributed by atoms with van der Waals surface area (Å²) in [5.74, 6) is 3.44. The highest BCUT2D eigenvalue weighted by molar-refractivity contribution is 6.12. The van der Waals surface area contributed by atoms with Crippen LogP contribution in [-0.2, 0) is 0 Å². The molecule has 0 N–H and O–H groups in total. The molecule has 10 aromatic carbocycles. The number of hydrogen-bond donors (Lipinski definition) is 0. The smallest absolute Gasteiger partial charge is 0.164 e. The Labute approximate surface area is 471 Å². The van der Waals surface area contributed by atoms with Crippen molar-refractivity contribution in [2.24, 2.45) is 0 Å². The quantitative estimate of drug-likeness (QED) is 0.133. The predicted octanol–water partition coefficient (Wildman–Crippen LogP) is 16.9. The van der Waals surface area contributed by atoms with E-state index in [4.69, 9.17) is 34.9 Å². The molecule has 0 saturated carbocycles. The van der Waals surface area contributed by atoms with Crippen molar-refractivity contribution in [3.05, 3.63) is 272 Å². The van der Waals surface area contributed by atoms with E-state index >= 15 is 0 Å². The van der Waals surface area contributed by atoms with E-state index < -0.39 is 0 Å². The summed E-state index contributed by atoms with van der Waals surface area (Å²) in [5, 5.41) is 15.8. The van der Waals surface area contributed by atoms with Crippen molar-refractivity contribution in [3.8, 4) is 108 Å². The van der Waals surface area contributed by atoms with E-state index in [1.807, 2.05) is 170 Å². The Morgan fingerprint density at radius 1 is 0.244 bits per heavy atom. The van der Waals surface area contributed by atoms with Gasteiger partial charge in [-0.1, -0.05) is 194 Å². The number of nitriles is 1. The molecular weight excluding hydrogens is 1000 g/mol. The third kappa shape index (κ3) is 8.41. The zero-order valence-corrected chi connectivity index (χ0v) is 43.9. The molecule has 0 unspecified atom stereocenters. The second-order valence-corrected chi connectivity index (χ2v) is 20.0. The third-order valence-corrected chi connectivity index (χ3v) is 15.1. The van der Waals surface area contributed by atoms with Crippen LogP contribution in [0.15, 0.2) is 267 Å². The van der Waals surface area contributed by atoms with Gasteiger partial charge in [0.15, 0.2) is 34.9 Å². The highest BCUT2D eigenvalue weighted by atomic mass is 15.1. The maximum Gasteiger partial charge on any atom is 0.164 e. The van der Waals surface area contributed by atoms with Crippen LogP contribution in [0.25, 0.3) is 146 Å². The molecule has 15 rings (SSSR count). The zero-order chi connectivity index (χ0) is 54.5. The van der Waals surface area contributed by atoms with Gasteiger partial charge in [0, 0.05) is 66.1 Å². The Morgan fingerprint density at radius 3 is 0.939 bits per heavy atom. The van der Waals surface area contributed by atoms with Crippen molar-refractivity contribution >= 4 is 43.6 Å². The van der Waals surface area contributed by atoms with Gasteiger partial charge in [-0.25, -0.2) is 34.9 Å². The molecule has 0 spiro atoms. The highest BCUT2D eigenvalue weighted by Crippen LogP contribution is 2.42. The van der Waals surface area contributed by atoms with Gasteiger partial charge in [0.05, 0.1) is 44.8 Å². The first-order valence-corrected chi connectivity index (χ1v) is 27.0. The molecule has 0 amide bonds. The molecule has 82 heavy (non-hydrogen) atoms. The Morgan fingerprint density at radius 2 is 0.561 bits per heavy atom. The van der Waals surface area contributed by atoms with Crippen molar-refractivity contribution in [2.75, 3.05) is 0 Å². The molecule has 5 heterocycles. The summed E-state index contributed by atoms with van der Waals surface area (Å²) < 4.78 is 4.45. The first-order chi connectivity index (χ1) is 40.6. The summed E-state index contributed by atoms with van der Waals surface area (Å²) >= 11 is 0. The van der Waals surface area contributed by atoms with Gasteiger partial charge in [0.25, 0.3) is 0 Å². The van der Waals surface area contributed by atoms with E-state index in [1.165, 1.54) is 0 Å². The lowest BCUT2D eigenvalue weighted by Gasteiger charge is -2.18. The lowest BCUT2D eigenvalue weighted by atomic mass is 10.0. The van der Waals surface area contributed by atoms with Gasteiger partial charge in [0.1, 0.15) is 11.6 Å². The van der Waals surface area contributed by atoms with Crippen LogP contribution in [0.5, 0.6) is 0 Å². The third-order valence-electron chi connectivity index (χ3n) is 15.1. The minimum absolute atomic E-state index is 0.483. The fourth-order valence-corrected chi connectivity index (χ4v) is 11.2. The Balaban J connectivity index is 0.957. The second-order valence-electron chi connectivity index (χ2n) is 20.0. The van der Waals surface area contributed by atoms with Crippen LogP contribution in [0.4, 0.5) is 0 Å². The van der Waals surface area contributed by atoms with Gasteiger partial charge in [-0.2, -0.15) is 5.26 Å². The second kappa shape index (κ2) is 20.0. The molecule has 15 aromatic rings. The minimum Gasteiger partial charge on any atom is -0.308 e. The van der Waals surface area contributed by atoms with Gasteiger partial charge in [-0.05, 0) is 72.8 Å². The van der Waals surface area contributed by atoms with E-state index in [2.05, 4.69) is 112 Å². The van der Waals surface area contributed by atoms with Crippen molar-refractivity contribution in [3.63, 3.8) is 0 Å². The van der Waals surface area contributed by atoms with Crippen LogP contribution in [0, 0.1) is 11.3 Å². The van der Waals surface area contributed by atoms with E-state index in [-0.39, 0.29) is 0 Å². The number of para-hydroxylation sites is 2. The number of nitrogens with zero attached hydrogens (tertiary/aromatic N) is 10. The first kappa shape index (κ1) is 47.7. The lowest BCUT2D eigenvalue weighted by Crippen LogP contribution is -2.05. The van der Waals surface area contributed by atoms with Gasteiger partial charge < -0.3 is 9.13 Å².